The van der Waals surface area contributed by atoms with Gasteiger partial charge in [-0.05, 0) is 42.0 Å². The highest BCUT2D eigenvalue weighted by Crippen LogP contribution is 2.56. The first-order valence-corrected chi connectivity index (χ1v) is 9.93. The zero-order chi connectivity index (χ0) is 19.6. The maximum Gasteiger partial charge on any atom is 0.191 e. The Kier molecular flexibility index (Phi) is 4.03. The number of aryl methyl sites for hydroxylation is 2. The molecular weight excluding hydrogens is 338 g/mol. The van der Waals surface area contributed by atoms with E-state index in [0.29, 0.717) is 23.7 Å². The number of fused-ring (bicyclic) bond motifs is 4. The second kappa shape index (κ2) is 5.95. The van der Waals surface area contributed by atoms with Gasteiger partial charge >= 0.3 is 0 Å². The van der Waals surface area contributed by atoms with Crippen molar-refractivity contribution in [3.63, 3.8) is 0 Å². The molecule has 0 amide bonds. The topological polar surface area (TPSA) is 52.3 Å². The minimum atomic E-state index is -0.0770. The van der Waals surface area contributed by atoms with Crippen molar-refractivity contribution in [2.24, 2.45) is 5.92 Å². The smallest absolute Gasteiger partial charge is 0.191 e. The van der Waals surface area contributed by atoms with Gasteiger partial charge in [0.15, 0.2) is 11.7 Å². The molecule has 1 aromatic heterocycles. The number of carbonyl (C=O) groups excluding carboxylic acids is 1. The number of hydrogen-bond donors (Lipinski definition) is 0. The number of Topliss-reactive ketones (excluding diaryl/α,β-unsaturated/α-hetero) is 1. The van der Waals surface area contributed by atoms with Crippen LogP contribution in [-0.4, -0.2) is 17.9 Å². The first-order valence-electron chi connectivity index (χ1n) is 9.93. The number of rotatable bonds is 3. The zero-order valence-corrected chi connectivity index (χ0v) is 17.2. The Morgan fingerprint density at radius 3 is 2.74 bits per heavy atom. The van der Waals surface area contributed by atoms with E-state index < -0.39 is 0 Å². The number of benzene rings is 1. The largest absolute Gasteiger partial charge is 0.496 e. The van der Waals surface area contributed by atoms with Gasteiger partial charge in [0.05, 0.1) is 18.4 Å². The van der Waals surface area contributed by atoms with E-state index in [-0.39, 0.29) is 16.6 Å². The standard InChI is InChI=1S/C23H29NO3/c1-7-18(25)15-10-14-8-9-20-22(3,4)21-17(24-13(2)27-21)12-23(20,5)16(14)11-19(15)26-6/h10-11,20H,7-9,12H2,1-6H3/t20-,23+/m0/s1. The highest BCUT2D eigenvalue weighted by Gasteiger charge is 2.54. The summed E-state index contributed by atoms with van der Waals surface area (Å²) in [5.74, 6) is 3.09. The van der Waals surface area contributed by atoms with Gasteiger partial charge in [0, 0.05) is 30.6 Å². The van der Waals surface area contributed by atoms with Crippen molar-refractivity contribution in [1.29, 1.82) is 0 Å². The second-order valence-electron chi connectivity index (χ2n) is 8.90. The molecule has 0 fully saturated rings. The van der Waals surface area contributed by atoms with Crippen LogP contribution in [-0.2, 0) is 23.7 Å². The Labute approximate surface area is 161 Å². The zero-order valence-electron chi connectivity index (χ0n) is 17.2. The fraction of sp³-hybridized carbons (Fsp3) is 0.565. The third-order valence-electron chi connectivity index (χ3n) is 6.93. The van der Waals surface area contributed by atoms with Gasteiger partial charge in [-0.2, -0.15) is 0 Å². The molecule has 2 atom stereocenters. The van der Waals surface area contributed by atoms with E-state index in [1.165, 1.54) is 11.1 Å². The molecule has 27 heavy (non-hydrogen) atoms. The molecule has 1 heterocycles. The van der Waals surface area contributed by atoms with Crippen molar-refractivity contribution >= 4 is 5.78 Å². The van der Waals surface area contributed by atoms with Gasteiger partial charge in [-0.3, -0.25) is 4.79 Å². The molecule has 0 spiro atoms. The highest BCUT2D eigenvalue weighted by atomic mass is 16.5. The molecule has 0 N–H and O–H groups in total. The minimum Gasteiger partial charge on any atom is -0.496 e. The molecular formula is C23H29NO3. The van der Waals surface area contributed by atoms with Crippen LogP contribution in [0.25, 0.3) is 0 Å². The predicted octanol–water partition coefficient (Wildman–Crippen LogP) is 4.94. The van der Waals surface area contributed by atoms with Crippen LogP contribution in [0.2, 0.25) is 0 Å². The summed E-state index contributed by atoms with van der Waals surface area (Å²) in [6.07, 6.45) is 3.42. The molecule has 4 nitrogen and oxygen atoms in total. The first kappa shape index (κ1) is 18.3. The van der Waals surface area contributed by atoms with Crippen molar-refractivity contribution < 1.29 is 13.9 Å². The van der Waals surface area contributed by atoms with E-state index >= 15 is 0 Å². The summed E-state index contributed by atoms with van der Waals surface area (Å²) in [6.45, 7) is 10.8. The Hall–Kier alpha value is -2.10. The fourth-order valence-electron chi connectivity index (χ4n) is 5.72. The van der Waals surface area contributed by atoms with Gasteiger partial charge in [-0.25, -0.2) is 4.98 Å². The van der Waals surface area contributed by atoms with Crippen molar-refractivity contribution in [3.05, 3.63) is 46.2 Å². The molecule has 144 valence electrons. The summed E-state index contributed by atoms with van der Waals surface area (Å²) in [5, 5.41) is 0. The Morgan fingerprint density at radius 1 is 1.33 bits per heavy atom. The van der Waals surface area contributed by atoms with Crippen molar-refractivity contribution in [2.75, 3.05) is 7.11 Å². The first-order chi connectivity index (χ1) is 12.7. The molecule has 2 aliphatic rings. The molecule has 0 bridgehead atoms. The van der Waals surface area contributed by atoms with Gasteiger partial charge in [-0.15, -0.1) is 0 Å². The van der Waals surface area contributed by atoms with Crippen LogP contribution in [0.4, 0.5) is 0 Å². The molecule has 0 saturated heterocycles. The number of hydrogen-bond acceptors (Lipinski definition) is 4. The summed E-state index contributed by atoms with van der Waals surface area (Å²) in [6, 6.07) is 4.20. The van der Waals surface area contributed by atoms with E-state index in [0.717, 1.165) is 36.6 Å². The summed E-state index contributed by atoms with van der Waals surface area (Å²) in [7, 11) is 1.65. The van der Waals surface area contributed by atoms with E-state index in [1.54, 1.807) is 7.11 Å². The van der Waals surface area contributed by atoms with Crippen molar-refractivity contribution in [2.45, 2.75) is 71.1 Å². The lowest BCUT2D eigenvalue weighted by atomic mass is 9.51. The monoisotopic (exact) mass is 367 g/mol. The lowest BCUT2D eigenvalue weighted by Gasteiger charge is -2.52. The van der Waals surface area contributed by atoms with E-state index in [1.807, 2.05) is 13.8 Å². The summed E-state index contributed by atoms with van der Waals surface area (Å²) >= 11 is 0. The molecule has 0 saturated carbocycles. The number of oxazole rings is 1. The third kappa shape index (κ3) is 2.49. The average molecular weight is 367 g/mol. The number of methoxy groups -OCH3 is 1. The van der Waals surface area contributed by atoms with Crippen molar-refractivity contribution in [3.8, 4) is 5.75 Å². The highest BCUT2D eigenvalue weighted by molar-refractivity contribution is 5.98. The van der Waals surface area contributed by atoms with Crippen LogP contribution >= 0.6 is 0 Å². The number of carbonyl (C=O) groups is 1. The SMILES string of the molecule is CCC(=O)c1cc2c(cc1OC)[C@@]1(C)Cc3nc(C)oc3C(C)(C)[C@@H]1CC2. The van der Waals surface area contributed by atoms with Crippen LogP contribution in [0.5, 0.6) is 5.75 Å². The molecule has 2 aromatic rings. The van der Waals surface area contributed by atoms with E-state index in [2.05, 4.69) is 32.9 Å². The van der Waals surface area contributed by atoms with Gasteiger partial charge in [0.1, 0.15) is 11.5 Å². The van der Waals surface area contributed by atoms with Gasteiger partial charge in [0.2, 0.25) is 0 Å². The molecule has 0 radical (unpaired) electrons. The number of nitrogens with zero attached hydrogens (tertiary/aromatic N) is 1. The van der Waals surface area contributed by atoms with Crippen LogP contribution in [0.15, 0.2) is 16.5 Å². The van der Waals surface area contributed by atoms with Gasteiger partial charge in [-0.1, -0.05) is 27.7 Å². The van der Waals surface area contributed by atoms with E-state index in [9.17, 15) is 4.79 Å². The molecule has 4 heteroatoms. The average Bonchev–Trinajstić information content (AvgIpc) is 3.00. The van der Waals surface area contributed by atoms with E-state index in [4.69, 9.17) is 14.1 Å². The quantitative estimate of drug-likeness (QED) is 0.721. The summed E-state index contributed by atoms with van der Waals surface area (Å²) < 4.78 is 11.7. The van der Waals surface area contributed by atoms with Crippen molar-refractivity contribution in [1.82, 2.24) is 4.98 Å². The molecule has 0 aliphatic heterocycles. The van der Waals surface area contributed by atoms with Crippen LogP contribution in [0.1, 0.15) is 79.4 Å². The van der Waals surface area contributed by atoms with Gasteiger partial charge < -0.3 is 9.15 Å². The molecule has 2 aliphatic carbocycles. The number of ketones is 1. The fourth-order valence-corrected chi connectivity index (χ4v) is 5.72. The lowest BCUT2D eigenvalue weighted by Crippen LogP contribution is -2.51. The summed E-state index contributed by atoms with van der Waals surface area (Å²) in [5.41, 5.74) is 4.26. The second-order valence-corrected chi connectivity index (χ2v) is 8.90. The van der Waals surface area contributed by atoms with Gasteiger partial charge in [0.25, 0.3) is 0 Å². The number of aromatic nitrogens is 1. The Morgan fingerprint density at radius 2 is 2.07 bits per heavy atom. The van der Waals surface area contributed by atoms with Crippen LogP contribution in [0, 0.1) is 12.8 Å². The predicted molar refractivity (Wildman–Crippen MR) is 105 cm³/mol. The molecule has 0 unspecified atom stereocenters. The number of ether oxygens (including phenoxy) is 1. The maximum atomic E-state index is 12.4. The lowest BCUT2D eigenvalue weighted by molar-refractivity contribution is 0.0983. The van der Waals surface area contributed by atoms with Crippen LogP contribution in [0.3, 0.4) is 0 Å². The Balaban J connectivity index is 1.91. The Bertz CT molecular complexity index is 924. The normalized spacial score (nSPS) is 25.3. The summed E-state index contributed by atoms with van der Waals surface area (Å²) in [4.78, 5) is 17.1. The maximum absolute atomic E-state index is 12.4. The minimum absolute atomic E-state index is 0.0472. The molecule has 4 rings (SSSR count). The third-order valence-corrected chi connectivity index (χ3v) is 6.93. The molecule has 1 aromatic carbocycles. The van der Waals surface area contributed by atoms with Crippen LogP contribution < -0.4 is 4.74 Å².